The van der Waals surface area contributed by atoms with Crippen molar-refractivity contribution in [1.82, 2.24) is 5.32 Å². The highest BCUT2D eigenvalue weighted by Crippen LogP contribution is 2.35. The molecule has 1 aliphatic carbocycles. The molecule has 0 saturated heterocycles. The van der Waals surface area contributed by atoms with E-state index in [1.165, 1.54) is 55.5 Å². The number of nitrogens with zero attached hydrogens (tertiary/aromatic N) is 1. The molecule has 3 rings (SSSR count). The lowest BCUT2D eigenvalue weighted by Crippen LogP contribution is -2.25. The molecule has 0 radical (unpaired) electrons. The number of aryl methyl sites for hydroxylation is 1. The van der Waals surface area contributed by atoms with Crippen LogP contribution in [-0.2, 0) is 13.0 Å². The summed E-state index contributed by atoms with van der Waals surface area (Å²) in [7, 11) is 2.20. The molecule has 1 heterocycles. The molecule has 2 atom stereocenters. The van der Waals surface area contributed by atoms with Crippen molar-refractivity contribution >= 4 is 5.69 Å². The Balaban J connectivity index is 1.57. The Hall–Kier alpha value is -1.02. The molecule has 1 saturated carbocycles. The second-order valence-corrected chi connectivity index (χ2v) is 6.26. The molecule has 2 heteroatoms. The van der Waals surface area contributed by atoms with Crippen LogP contribution in [0.3, 0.4) is 0 Å². The van der Waals surface area contributed by atoms with E-state index < -0.39 is 0 Å². The van der Waals surface area contributed by atoms with Crippen LogP contribution in [0.2, 0.25) is 0 Å². The van der Waals surface area contributed by atoms with Crippen LogP contribution in [0.25, 0.3) is 0 Å². The van der Waals surface area contributed by atoms with Crippen molar-refractivity contribution in [2.75, 3.05) is 18.5 Å². The fourth-order valence-electron chi connectivity index (χ4n) is 3.38. The number of hydrogen-bond acceptors (Lipinski definition) is 2. The summed E-state index contributed by atoms with van der Waals surface area (Å²) < 4.78 is 0. The molecular formula is C17H26N2. The predicted octanol–water partition coefficient (Wildman–Crippen LogP) is 3.35. The zero-order chi connectivity index (χ0) is 13.2. The molecule has 2 aliphatic rings. The van der Waals surface area contributed by atoms with Crippen LogP contribution >= 0.6 is 0 Å². The molecular weight excluding hydrogens is 232 g/mol. The third kappa shape index (κ3) is 2.94. The fraction of sp³-hybridized carbons (Fsp3) is 0.647. The molecule has 1 N–H and O–H groups in total. The van der Waals surface area contributed by atoms with Gasteiger partial charge >= 0.3 is 0 Å². The van der Waals surface area contributed by atoms with E-state index in [1.54, 1.807) is 0 Å². The Morgan fingerprint density at radius 3 is 3.11 bits per heavy atom. The summed E-state index contributed by atoms with van der Waals surface area (Å²) in [6.07, 6.45) is 6.65. The summed E-state index contributed by atoms with van der Waals surface area (Å²) in [4.78, 5) is 2.38. The van der Waals surface area contributed by atoms with Crippen molar-refractivity contribution in [3.8, 4) is 0 Å². The van der Waals surface area contributed by atoms with E-state index in [2.05, 4.69) is 42.4 Å². The maximum absolute atomic E-state index is 3.71. The molecule has 2 unspecified atom stereocenters. The largest absolute Gasteiger partial charge is 0.374 e. The molecule has 0 amide bonds. The Labute approximate surface area is 117 Å². The predicted molar refractivity (Wildman–Crippen MR) is 81.7 cm³/mol. The second-order valence-electron chi connectivity index (χ2n) is 6.26. The van der Waals surface area contributed by atoms with Crippen molar-refractivity contribution < 1.29 is 0 Å². The summed E-state index contributed by atoms with van der Waals surface area (Å²) in [5.74, 6) is 0.953. The molecule has 0 aromatic heterocycles. The molecule has 0 bridgehead atoms. The van der Waals surface area contributed by atoms with E-state index in [1.807, 2.05) is 0 Å². The topological polar surface area (TPSA) is 15.3 Å². The number of hydrogen-bond donors (Lipinski definition) is 1. The summed E-state index contributed by atoms with van der Waals surface area (Å²) in [6.45, 7) is 4.53. The van der Waals surface area contributed by atoms with Gasteiger partial charge in [0.2, 0.25) is 0 Å². The van der Waals surface area contributed by atoms with Crippen molar-refractivity contribution in [3.63, 3.8) is 0 Å². The molecule has 1 fully saturated rings. The first-order chi connectivity index (χ1) is 9.28. The first-order valence-corrected chi connectivity index (χ1v) is 7.84. The number of anilines is 1. The van der Waals surface area contributed by atoms with E-state index in [4.69, 9.17) is 0 Å². The van der Waals surface area contributed by atoms with Crippen LogP contribution in [0.5, 0.6) is 0 Å². The van der Waals surface area contributed by atoms with Crippen molar-refractivity contribution in [3.05, 3.63) is 29.3 Å². The molecule has 1 aromatic rings. The van der Waals surface area contributed by atoms with Crippen LogP contribution in [-0.4, -0.2) is 19.6 Å². The zero-order valence-electron chi connectivity index (χ0n) is 12.3. The Morgan fingerprint density at radius 2 is 2.26 bits per heavy atom. The van der Waals surface area contributed by atoms with Gasteiger partial charge in [0.15, 0.2) is 0 Å². The van der Waals surface area contributed by atoms with Gasteiger partial charge in [-0.1, -0.05) is 25.5 Å². The number of benzene rings is 1. The standard InChI is InChI=1S/C17H26N2/c1-3-5-14-11-16(14)18-12-13-7-8-17-15(10-13)6-4-9-19(17)2/h7-8,10,14,16,18H,3-6,9,11-12H2,1-2H3. The molecule has 1 aliphatic heterocycles. The second kappa shape index (κ2) is 5.54. The fourth-order valence-corrected chi connectivity index (χ4v) is 3.38. The van der Waals surface area contributed by atoms with Gasteiger partial charge in [-0.2, -0.15) is 0 Å². The SMILES string of the molecule is CCCC1CC1NCc1ccc2c(c1)CCCN2C. The first kappa shape index (κ1) is 13.0. The Bertz CT molecular complexity index is 441. The van der Waals surface area contributed by atoms with Crippen LogP contribution in [0.15, 0.2) is 18.2 Å². The highest BCUT2D eigenvalue weighted by molar-refractivity contribution is 5.56. The quantitative estimate of drug-likeness (QED) is 0.871. The van der Waals surface area contributed by atoms with Crippen LogP contribution in [0.1, 0.15) is 43.7 Å². The molecule has 2 nitrogen and oxygen atoms in total. The summed E-state index contributed by atoms with van der Waals surface area (Å²) >= 11 is 0. The lowest BCUT2D eigenvalue weighted by atomic mass is 9.99. The van der Waals surface area contributed by atoms with Crippen LogP contribution < -0.4 is 10.2 Å². The van der Waals surface area contributed by atoms with E-state index in [-0.39, 0.29) is 0 Å². The van der Waals surface area contributed by atoms with Crippen molar-refractivity contribution in [2.24, 2.45) is 5.92 Å². The van der Waals surface area contributed by atoms with Gasteiger partial charge in [0.05, 0.1) is 0 Å². The third-order valence-electron chi connectivity index (χ3n) is 4.65. The summed E-state index contributed by atoms with van der Waals surface area (Å²) in [5.41, 5.74) is 4.43. The van der Waals surface area contributed by atoms with Gasteiger partial charge in [-0.15, -0.1) is 0 Å². The van der Waals surface area contributed by atoms with Gasteiger partial charge < -0.3 is 10.2 Å². The molecule has 0 spiro atoms. The minimum absolute atomic E-state index is 0.790. The summed E-state index contributed by atoms with van der Waals surface area (Å²) in [6, 6.07) is 7.81. The minimum Gasteiger partial charge on any atom is -0.374 e. The smallest absolute Gasteiger partial charge is 0.0396 e. The van der Waals surface area contributed by atoms with E-state index in [0.717, 1.165) is 18.5 Å². The molecule has 104 valence electrons. The highest BCUT2D eigenvalue weighted by Gasteiger charge is 2.35. The van der Waals surface area contributed by atoms with E-state index >= 15 is 0 Å². The Morgan fingerprint density at radius 1 is 1.37 bits per heavy atom. The zero-order valence-corrected chi connectivity index (χ0v) is 12.3. The van der Waals surface area contributed by atoms with Gasteiger partial charge in [0.25, 0.3) is 0 Å². The van der Waals surface area contributed by atoms with Gasteiger partial charge in [-0.3, -0.25) is 0 Å². The maximum atomic E-state index is 3.71. The normalized spacial score (nSPS) is 25.3. The number of fused-ring (bicyclic) bond motifs is 1. The van der Waals surface area contributed by atoms with Crippen molar-refractivity contribution in [2.45, 2.75) is 51.6 Å². The maximum Gasteiger partial charge on any atom is 0.0396 e. The van der Waals surface area contributed by atoms with Crippen LogP contribution in [0.4, 0.5) is 5.69 Å². The van der Waals surface area contributed by atoms with Gasteiger partial charge in [-0.25, -0.2) is 0 Å². The Kier molecular flexibility index (Phi) is 3.79. The van der Waals surface area contributed by atoms with Crippen LogP contribution in [0, 0.1) is 5.92 Å². The number of nitrogens with one attached hydrogen (secondary N) is 1. The van der Waals surface area contributed by atoms with E-state index in [0.29, 0.717) is 0 Å². The lowest BCUT2D eigenvalue weighted by molar-refractivity contribution is 0.599. The summed E-state index contributed by atoms with van der Waals surface area (Å²) in [5, 5.41) is 3.71. The third-order valence-corrected chi connectivity index (χ3v) is 4.65. The molecule has 19 heavy (non-hydrogen) atoms. The first-order valence-electron chi connectivity index (χ1n) is 7.84. The number of rotatable bonds is 5. The average molecular weight is 258 g/mol. The van der Waals surface area contributed by atoms with Gasteiger partial charge in [0, 0.05) is 31.9 Å². The average Bonchev–Trinajstić information content (AvgIpc) is 3.15. The lowest BCUT2D eigenvalue weighted by Gasteiger charge is -2.27. The van der Waals surface area contributed by atoms with Gasteiger partial charge in [0.1, 0.15) is 0 Å². The monoisotopic (exact) mass is 258 g/mol. The minimum atomic E-state index is 0.790. The molecule has 1 aromatic carbocycles. The van der Waals surface area contributed by atoms with Gasteiger partial charge in [-0.05, 0) is 48.8 Å². The highest BCUT2D eigenvalue weighted by atomic mass is 15.1. The van der Waals surface area contributed by atoms with Crippen molar-refractivity contribution in [1.29, 1.82) is 0 Å². The van der Waals surface area contributed by atoms with E-state index in [9.17, 15) is 0 Å².